The van der Waals surface area contributed by atoms with E-state index in [0.29, 0.717) is 10.1 Å². The first-order valence-corrected chi connectivity index (χ1v) is 6.97. The highest BCUT2D eigenvalue weighted by atomic mass is 32.1. The van der Waals surface area contributed by atoms with Gasteiger partial charge in [0.25, 0.3) is 0 Å². The summed E-state index contributed by atoms with van der Waals surface area (Å²) in [7, 11) is 0. The maximum absolute atomic E-state index is 11.4. The Hall–Kier alpha value is -2.48. The molecule has 1 aromatic heterocycles. The lowest BCUT2D eigenvalue weighted by Crippen LogP contribution is -2.12. The molecule has 2 rings (SSSR count). The summed E-state index contributed by atoms with van der Waals surface area (Å²) in [6.45, 7) is 0.257. The van der Waals surface area contributed by atoms with Crippen molar-refractivity contribution in [3.05, 3.63) is 35.3 Å². The fourth-order valence-electron chi connectivity index (χ4n) is 1.43. The van der Waals surface area contributed by atoms with Gasteiger partial charge in [-0.3, -0.25) is 9.59 Å². The number of carboxylic acids is 1. The lowest BCUT2D eigenvalue weighted by atomic mass is 10.3. The number of hydrogen-bond acceptors (Lipinski definition) is 6. The first-order chi connectivity index (χ1) is 10.1. The van der Waals surface area contributed by atoms with Gasteiger partial charge in [-0.05, 0) is 12.1 Å². The average molecular weight is 307 g/mol. The molecule has 7 nitrogen and oxygen atoms in total. The number of carbonyl (C=O) groups excluding carboxylic acids is 1. The number of hydrogen-bond donors (Lipinski definition) is 2. The van der Waals surface area contributed by atoms with Gasteiger partial charge in [0, 0.05) is 6.42 Å². The fourth-order valence-corrected chi connectivity index (χ4v) is 2.10. The van der Waals surface area contributed by atoms with E-state index < -0.39 is 11.9 Å². The Kier molecular flexibility index (Phi) is 5.22. The molecule has 0 aliphatic heterocycles. The van der Waals surface area contributed by atoms with Crippen LogP contribution in [0.15, 0.2) is 30.3 Å². The number of anilines is 1. The summed E-state index contributed by atoms with van der Waals surface area (Å²) in [6, 6.07) is 9.28. The predicted octanol–water partition coefficient (Wildman–Crippen LogP) is 1.92. The van der Waals surface area contributed by atoms with Crippen molar-refractivity contribution in [2.24, 2.45) is 0 Å². The summed E-state index contributed by atoms with van der Waals surface area (Å²) >= 11 is 1.19. The van der Waals surface area contributed by atoms with Gasteiger partial charge in [0.2, 0.25) is 11.0 Å². The fraction of sp³-hybridized carbons (Fsp3) is 0.231. The zero-order chi connectivity index (χ0) is 15.1. The van der Waals surface area contributed by atoms with E-state index in [0.717, 1.165) is 5.75 Å². The van der Waals surface area contributed by atoms with Crippen LogP contribution in [-0.2, 0) is 16.2 Å². The van der Waals surface area contributed by atoms with Gasteiger partial charge in [-0.15, -0.1) is 10.2 Å². The van der Waals surface area contributed by atoms with Crippen molar-refractivity contribution in [1.29, 1.82) is 0 Å². The number of benzene rings is 1. The van der Waals surface area contributed by atoms with Crippen molar-refractivity contribution in [3.63, 3.8) is 0 Å². The minimum absolute atomic E-state index is 0.0925. The molecule has 2 aromatic rings. The molecular weight excluding hydrogens is 294 g/mol. The van der Waals surface area contributed by atoms with E-state index in [9.17, 15) is 9.59 Å². The van der Waals surface area contributed by atoms with Gasteiger partial charge in [0.15, 0.2) is 5.01 Å². The standard InChI is InChI=1S/C13H13N3O4S/c17-10(6-7-12(18)19)14-13-16-15-11(21-13)8-20-9-4-2-1-3-5-9/h1-5H,6-8H2,(H,18,19)(H,14,16,17). The Bertz CT molecular complexity index is 615. The van der Waals surface area contributed by atoms with Crippen molar-refractivity contribution < 1.29 is 19.4 Å². The third-order valence-corrected chi connectivity index (χ3v) is 3.20. The second-order valence-electron chi connectivity index (χ2n) is 4.04. The molecule has 0 radical (unpaired) electrons. The van der Waals surface area contributed by atoms with Crippen molar-refractivity contribution in [2.45, 2.75) is 19.4 Å². The minimum Gasteiger partial charge on any atom is -0.486 e. The summed E-state index contributed by atoms with van der Waals surface area (Å²) in [5.41, 5.74) is 0. The van der Waals surface area contributed by atoms with Gasteiger partial charge in [-0.2, -0.15) is 0 Å². The molecule has 1 aromatic carbocycles. The molecule has 0 spiro atoms. The van der Waals surface area contributed by atoms with Crippen LogP contribution >= 0.6 is 11.3 Å². The van der Waals surface area contributed by atoms with Crippen molar-refractivity contribution >= 4 is 28.3 Å². The first-order valence-electron chi connectivity index (χ1n) is 6.15. The van der Waals surface area contributed by atoms with Crippen LogP contribution in [0.3, 0.4) is 0 Å². The molecule has 0 atom stereocenters. The van der Waals surface area contributed by atoms with Crippen LogP contribution in [0.4, 0.5) is 5.13 Å². The van der Waals surface area contributed by atoms with E-state index in [2.05, 4.69) is 15.5 Å². The Balaban J connectivity index is 1.81. The quantitative estimate of drug-likeness (QED) is 0.810. The lowest BCUT2D eigenvalue weighted by Gasteiger charge is -2.01. The summed E-state index contributed by atoms with van der Waals surface area (Å²) < 4.78 is 5.51. The maximum Gasteiger partial charge on any atom is 0.303 e. The molecule has 110 valence electrons. The van der Waals surface area contributed by atoms with E-state index in [1.165, 1.54) is 11.3 Å². The lowest BCUT2D eigenvalue weighted by molar-refractivity contribution is -0.138. The molecule has 0 saturated heterocycles. The van der Waals surface area contributed by atoms with Gasteiger partial charge < -0.3 is 15.2 Å². The number of aliphatic carboxylic acids is 1. The smallest absolute Gasteiger partial charge is 0.303 e. The summed E-state index contributed by atoms with van der Waals surface area (Å²) in [4.78, 5) is 21.8. The Morgan fingerprint density at radius 2 is 1.95 bits per heavy atom. The number of rotatable bonds is 7. The van der Waals surface area contributed by atoms with E-state index in [-0.39, 0.29) is 19.4 Å². The Morgan fingerprint density at radius 3 is 2.67 bits per heavy atom. The molecule has 0 unspecified atom stereocenters. The monoisotopic (exact) mass is 307 g/mol. The van der Waals surface area contributed by atoms with Crippen LogP contribution in [0.1, 0.15) is 17.8 Å². The number of amides is 1. The topological polar surface area (TPSA) is 101 Å². The number of para-hydroxylation sites is 1. The van der Waals surface area contributed by atoms with Crippen molar-refractivity contribution in [3.8, 4) is 5.75 Å². The second-order valence-corrected chi connectivity index (χ2v) is 5.11. The Morgan fingerprint density at radius 1 is 1.19 bits per heavy atom. The molecule has 1 amide bonds. The first kappa shape index (κ1) is 14.9. The predicted molar refractivity (Wildman–Crippen MR) is 76.2 cm³/mol. The molecule has 0 aliphatic carbocycles. The molecular formula is C13H13N3O4S. The zero-order valence-corrected chi connectivity index (χ0v) is 11.8. The highest BCUT2D eigenvalue weighted by molar-refractivity contribution is 7.15. The molecule has 2 N–H and O–H groups in total. The van der Waals surface area contributed by atoms with Crippen molar-refractivity contribution in [2.75, 3.05) is 5.32 Å². The van der Waals surface area contributed by atoms with Crippen LogP contribution in [0, 0.1) is 0 Å². The molecule has 8 heteroatoms. The van der Waals surface area contributed by atoms with Gasteiger partial charge >= 0.3 is 5.97 Å². The molecule has 0 saturated carbocycles. The van der Waals surface area contributed by atoms with Crippen molar-refractivity contribution in [1.82, 2.24) is 10.2 Å². The van der Waals surface area contributed by atoms with Gasteiger partial charge in [-0.25, -0.2) is 0 Å². The second kappa shape index (κ2) is 7.34. The number of carbonyl (C=O) groups is 2. The average Bonchev–Trinajstić information content (AvgIpc) is 2.91. The molecule has 0 bridgehead atoms. The minimum atomic E-state index is -1.01. The van der Waals surface area contributed by atoms with Crippen LogP contribution in [0.5, 0.6) is 5.75 Å². The number of carboxylic acid groups (broad SMARTS) is 1. The molecule has 21 heavy (non-hydrogen) atoms. The SMILES string of the molecule is O=C(O)CCC(=O)Nc1nnc(COc2ccccc2)s1. The maximum atomic E-state index is 11.4. The number of nitrogens with one attached hydrogen (secondary N) is 1. The summed E-state index contributed by atoms with van der Waals surface area (Å²) in [6.07, 6.45) is -0.306. The van der Waals surface area contributed by atoms with Crippen LogP contribution in [0.2, 0.25) is 0 Å². The number of nitrogens with zero attached hydrogens (tertiary/aromatic N) is 2. The molecule has 0 aliphatic rings. The van der Waals surface area contributed by atoms with E-state index in [4.69, 9.17) is 9.84 Å². The highest BCUT2D eigenvalue weighted by Gasteiger charge is 2.10. The van der Waals surface area contributed by atoms with Crippen LogP contribution < -0.4 is 10.1 Å². The van der Waals surface area contributed by atoms with Gasteiger partial charge in [0.05, 0.1) is 6.42 Å². The number of aromatic nitrogens is 2. The molecule has 1 heterocycles. The van der Waals surface area contributed by atoms with E-state index >= 15 is 0 Å². The summed E-state index contributed by atoms with van der Waals surface area (Å²) in [5.74, 6) is -0.691. The van der Waals surface area contributed by atoms with Gasteiger partial charge in [-0.1, -0.05) is 29.5 Å². The Labute approximate surface area is 124 Å². The highest BCUT2D eigenvalue weighted by Crippen LogP contribution is 2.18. The van der Waals surface area contributed by atoms with Crippen LogP contribution in [-0.4, -0.2) is 27.2 Å². The summed E-state index contributed by atoms with van der Waals surface area (Å²) in [5, 5.41) is 19.6. The van der Waals surface area contributed by atoms with E-state index in [1.807, 2.05) is 30.3 Å². The van der Waals surface area contributed by atoms with Crippen LogP contribution in [0.25, 0.3) is 0 Å². The molecule has 0 fully saturated rings. The normalized spacial score (nSPS) is 10.1. The van der Waals surface area contributed by atoms with E-state index in [1.54, 1.807) is 0 Å². The third kappa shape index (κ3) is 5.19. The largest absolute Gasteiger partial charge is 0.486 e. The zero-order valence-electron chi connectivity index (χ0n) is 11.0. The third-order valence-electron chi connectivity index (χ3n) is 2.38. The van der Waals surface area contributed by atoms with Gasteiger partial charge in [0.1, 0.15) is 12.4 Å². The number of ether oxygens (including phenoxy) is 1.